The van der Waals surface area contributed by atoms with Gasteiger partial charge >= 0.3 is 0 Å². The Morgan fingerprint density at radius 3 is 2.14 bits per heavy atom. The highest BCUT2D eigenvalue weighted by Gasteiger charge is 2.24. The molecule has 0 aliphatic rings. The number of para-hydroxylation sites is 1. The van der Waals surface area contributed by atoms with Crippen molar-refractivity contribution in [1.82, 2.24) is 3.97 Å². The first-order chi connectivity index (χ1) is 14.1. The molecule has 0 bridgehead atoms. The Labute approximate surface area is 169 Å². The molecule has 0 atom stereocenters. The maximum absolute atomic E-state index is 13.7. The highest BCUT2D eigenvalue weighted by molar-refractivity contribution is 7.90. The van der Waals surface area contributed by atoms with E-state index in [1.807, 2.05) is 91.9 Å². The first-order valence-electron chi connectivity index (χ1n) is 9.46. The van der Waals surface area contributed by atoms with Gasteiger partial charge in [0.05, 0.1) is 16.1 Å². The molecule has 0 aliphatic heterocycles. The van der Waals surface area contributed by atoms with Crippen molar-refractivity contribution in [3.05, 3.63) is 103 Å². The van der Waals surface area contributed by atoms with Gasteiger partial charge in [0.1, 0.15) is 0 Å². The molecule has 0 radical (unpaired) electrons. The third-order valence-electron chi connectivity index (χ3n) is 5.29. The Balaban J connectivity index is 1.88. The van der Waals surface area contributed by atoms with Gasteiger partial charge in [0.15, 0.2) is 0 Å². The van der Waals surface area contributed by atoms with Crippen LogP contribution in [0.4, 0.5) is 0 Å². The van der Waals surface area contributed by atoms with E-state index in [0.717, 1.165) is 27.3 Å². The Morgan fingerprint density at radius 2 is 1.34 bits per heavy atom. The number of rotatable bonds is 3. The molecule has 142 valence electrons. The summed E-state index contributed by atoms with van der Waals surface area (Å²) in [6, 6.07) is 30.6. The van der Waals surface area contributed by atoms with Gasteiger partial charge in [-0.2, -0.15) is 0 Å². The van der Waals surface area contributed by atoms with Crippen LogP contribution in [-0.4, -0.2) is 12.4 Å². The van der Waals surface area contributed by atoms with E-state index in [9.17, 15) is 8.42 Å². The van der Waals surface area contributed by atoms with Crippen LogP contribution in [0.15, 0.2) is 102 Å². The van der Waals surface area contributed by atoms with Crippen molar-refractivity contribution in [2.24, 2.45) is 0 Å². The zero-order chi connectivity index (χ0) is 20.0. The van der Waals surface area contributed by atoms with Gasteiger partial charge in [0.2, 0.25) is 0 Å². The predicted molar refractivity (Wildman–Crippen MR) is 119 cm³/mol. The molecule has 0 saturated heterocycles. The van der Waals surface area contributed by atoms with E-state index >= 15 is 0 Å². The van der Waals surface area contributed by atoms with Gasteiger partial charge in [0.25, 0.3) is 10.0 Å². The molecule has 4 aromatic carbocycles. The molecule has 4 heteroatoms. The number of nitrogens with zero attached hydrogens (tertiary/aromatic N) is 1. The van der Waals surface area contributed by atoms with Gasteiger partial charge in [0, 0.05) is 10.9 Å². The van der Waals surface area contributed by atoms with E-state index in [2.05, 4.69) is 0 Å². The molecule has 0 fully saturated rings. The summed E-state index contributed by atoms with van der Waals surface area (Å²) in [5, 5.41) is 3.00. The van der Waals surface area contributed by atoms with E-state index < -0.39 is 10.0 Å². The van der Waals surface area contributed by atoms with E-state index in [1.165, 1.54) is 3.97 Å². The summed E-state index contributed by atoms with van der Waals surface area (Å²) in [5.74, 6) is 0. The number of hydrogen-bond acceptors (Lipinski definition) is 2. The molecule has 0 N–H and O–H groups in total. The van der Waals surface area contributed by atoms with Crippen LogP contribution >= 0.6 is 0 Å². The highest BCUT2D eigenvalue weighted by atomic mass is 32.2. The van der Waals surface area contributed by atoms with Crippen molar-refractivity contribution in [2.45, 2.75) is 11.8 Å². The van der Waals surface area contributed by atoms with Gasteiger partial charge in [-0.05, 0) is 42.0 Å². The van der Waals surface area contributed by atoms with Crippen LogP contribution in [-0.2, 0) is 10.0 Å². The minimum Gasteiger partial charge on any atom is -0.233 e. The maximum atomic E-state index is 13.7. The van der Waals surface area contributed by atoms with Crippen molar-refractivity contribution < 1.29 is 8.42 Å². The van der Waals surface area contributed by atoms with Crippen LogP contribution in [0.2, 0.25) is 0 Å². The van der Waals surface area contributed by atoms with Crippen LogP contribution in [0.5, 0.6) is 0 Å². The number of fused-ring (bicyclic) bond motifs is 2. The van der Waals surface area contributed by atoms with Crippen molar-refractivity contribution in [3.8, 4) is 11.3 Å². The summed E-state index contributed by atoms with van der Waals surface area (Å²) in [6.45, 7) is 1.95. The molecule has 1 heterocycles. The number of benzene rings is 4. The highest BCUT2D eigenvalue weighted by Crippen LogP contribution is 2.35. The second kappa shape index (κ2) is 6.61. The van der Waals surface area contributed by atoms with Crippen LogP contribution in [0.25, 0.3) is 32.9 Å². The number of aromatic nitrogens is 1. The topological polar surface area (TPSA) is 39.1 Å². The first kappa shape index (κ1) is 17.7. The van der Waals surface area contributed by atoms with Gasteiger partial charge in [-0.3, -0.25) is 0 Å². The van der Waals surface area contributed by atoms with Crippen LogP contribution in [0.3, 0.4) is 0 Å². The monoisotopic (exact) mass is 397 g/mol. The second-order valence-corrected chi connectivity index (χ2v) is 8.98. The second-order valence-electron chi connectivity index (χ2n) is 7.20. The molecular weight excluding hydrogens is 378 g/mol. The van der Waals surface area contributed by atoms with E-state index in [-0.39, 0.29) is 4.90 Å². The quantitative estimate of drug-likeness (QED) is 0.374. The van der Waals surface area contributed by atoms with E-state index in [0.29, 0.717) is 11.2 Å². The van der Waals surface area contributed by atoms with Crippen LogP contribution in [0, 0.1) is 6.92 Å². The summed E-state index contributed by atoms with van der Waals surface area (Å²) in [4.78, 5) is 0.283. The van der Waals surface area contributed by atoms with Gasteiger partial charge in [-0.15, -0.1) is 0 Å². The van der Waals surface area contributed by atoms with Gasteiger partial charge in [-0.1, -0.05) is 78.4 Å². The smallest absolute Gasteiger partial charge is 0.233 e. The Kier molecular flexibility index (Phi) is 4.03. The third kappa shape index (κ3) is 2.84. The Bertz CT molecular complexity index is 1460. The molecule has 0 unspecified atom stereocenters. The van der Waals surface area contributed by atoms with Gasteiger partial charge < -0.3 is 0 Å². The molecule has 5 rings (SSSR count). The first-order valence-corrected chi connectivity index (χ1v) is 10.9. The lowest BCUT2D eigenvalue weighted by Gasteiger charge is -2.14. The summed E-state index contributed by atoms with van der Waals surface area (Å²) < 4.78 is 28.9. The van der Waals surface area contributed by atoms with Crippen LogP contribution < -0.4 is 0 Å². The molecule has 0 saturated carbocycles. The number of hydrogen-bond donors (Lipinski definition) is 0. The molecule has 0 amide bonds. The van der Waals surface area contributed by atoms with Crippen molar-refractivity contribution >= 4 is 31.7 Å². The van der Waals surface area contributed by atoms with Crippen LogP contribution in [0.1, 0.15) is 5.56 Å². The molecule has 3 nitrogen and oxygen atoms in total. The third-order valence-corrected chi connectivity index (χ3v) is 7.03. The van der Waals surface area contributed by atoms with Crippen molar-refractivity contribution in [1.29, 1.82) is 0 Å². The Hall–Kier alpha value is -3.37. The number of aryl methyl sites for hydroxylation is 1. The minimum atomic E-state index is -3.77. The Morgan fingerprint density at radius 1 is 0.690 bits per heavy atom. The largest absolute Gasteiger partial charge is 0.268 e. The van der Waals surface area contributed by atoms with Crippen molar-refractivity contribution in [3.63, 3.8) is 0 Å². The normalized spacial score (nSPS) is 11.9. The molecule has 0 spiro atoms. The lowest BCUT2D eigenvalue weighted by Crippen LogP contribution is -2.14. The standard InChI is InChI=1S/C25H19NO2S/c1-18-13-15-21(16-14-18)29(27,28)26-24-12-5-3-8-20(24)17-25(26)23-11-6-9-19-7-2-4-10-22(19)23/h2-17H,1H3. The van der Waals surface area contributed by atoms with E-state index in [4.69, 9.17) is 0 Å². The molecule has 0 aliphatic carbocycles. The molecule has 1 aromatic heterocycles. The fourth-order valence-electron chi connectivity index (χ4n) is 3.84. The average molecular weight is 397 g/mol. The molecule has 29 heavy (non-hydrogen) atoms. The fraction of sp³-hybridized carbons (Fsp3) is 0.0400. The molecular formula is C25H19NO2S. The van der Waals surface area contributed by atoms with Crippen molar-refractivity contribution in [2.75, 3.05) is 0 Å². The predicted octanol–water partition coefficient (Wildman–Crippen LogP) is 6.01. The summed E-state index contributed by atoms with van der Waals surface area (Å²) in [7, 11) is -3.77. The summed E-state index contributed by atoms with van der Waals surface area (Å²) in [5.41, 5.74) is 3.27. The summed E-state index contributed by atoms with van der Waals surface area (Å²) in [6.07, 6.45) is 0. The summed E-state index contributed by atoms with van der Waals surface area (Å²) >= 11 is 0. The SMILES string of the molecule is Cc1ccc(S(=O)(=O)n2c(-c3cccc4ccccc34)cc3ccccc32)cc1. The average Bonchev–Trinajstić information content (AvgIpc) is 3.14. The zero-order valence-electron chi connectivity index (χ0n) is 15.9. The molecule has 5 aromatic rings. The fourth-order valence-corrected chi connectivity index (χ4v) is 5.37. The lowest BCUT2D eigenvalue weighted by atomic mass is 10.0. The van der Waals surface area contributed by atoms with Gasteiger partial charge in [-0.25, -0.2) is 12.4 Å². The maximum Gasteiger partial charge on any atom is 0.268 e. The lowest BCUT2D eigenvalue weighted by molar-refractivity contribution is 0.589. The van der Waals surface area contributed by atoms with E-state index in [1.54, 1.807) is 12.1 Å². The minimum absolute atomic E-state index is 0.283. The zero-order valence-corrected chi connectivity index (χ0v) is 16.7.